The molecule has 0 bridgehead atoms. The smallest absolute Gasteiger partial charge is 0.357 e. The van der Waals surface area contributed by atoms with E-state index in [2.05, 4.69) is 0 Å². The van der Waals surface area contributed by atoms with Crippen LogP contribution in [-0.2, 0) is 27.5 Å². The summed E-state index contributed by atoms with van der Waals surface area (Å²) in [6.07, 6.45) is 0.433. The van der Waals surface area contributed by atoms with Crippen LogP contribution in [0.2, 0.25) is 0 Å². The second-order valence-electron chi connectivity index (χ2n) is 3.87. The van der Waals surface area contributed by atoms with Crippen LogP contribution in [0.3, 0.4) is 0 Å². The Balaban J connectivity index is 5.08. The summed E-state index contributed by atoms with van der Waals surface area (Å²) in [7, 11) is 1.56. The van der Waals surface area contributed by atoms with Gasteiger partial charge in [0.05, 0.1) is 0 Å². The summed E-state index contributed by atoms with van der Waals surface area (Å²) < 4.78 is 32.8. The Morgan fingerprint density at radius 3 is 1.26 bits per heavy atom. The third kappa shape index (κ3) is 7.16. The number of methoxy groups -OCH3 is 3. The van der Waals surface area contributed by atoms with E-state index >= 15 is 0 Å². The Kier molecular flexibility index (Phi) is 9.45. The van der Waals surface area contributed by atoms with Crippen molar-refractivity contribution in [2.24, 2.45) is 0 Å². The van der Waals surface area contributed by atoms with Gasteiger partial charge in [0.1, 0.15) is 18.9 Å². The predicted octanol–water partition coefficient (Wildman–Crippen LogP) is 2.07. The van der Waals surface area contributed by atoms with Crippen LogP contribution in [0.5, 0.6) is 0 Å². The highest BCUT2D eigenvalue weighted by atomic mass is 28.4. The highest BCUT2D eigenvalue weighted by molar-refractivity contribution is 6.66. The molecular weight excluding hydrogens is 268 g/mol. The number of hydrogen-bond donors (Lipinski definition) is 0. The Bertz CT molecular complexity index is 229. The van der Waals surface area contributed by atoms with Crippen LogP contribution in [0, 0.1) is 0 Å². The first kappa shape index (κ1) is 18.7. The van der Waals surface area contributed by atoms with E-state index in [1.54, 1.807) is 47.8 Å². The summed E-state index contributed by atoms with van der Waals surface area (Å²) in [6.45, 7) is 7.18. The zero-order valence-corrected chi connectivity index (χ0v) is 13.8. The molecule has 0 radical (unpaired) electrons. The fourth-order valence-electron chi connectivity index (χ4n) is 1.24. The highest BCUT2D eigenvalue weighted by Gasteiger charge is 2.44. The Morgan fingerprint density at radius 1 is 0.737 bits per heavy atom. The van der Waals surface area contributed by atoms with E-state index in [0.29, 0.717) is 0 Å². The predicted molar refractivity (Wildman–Crippen MR) is 73.2 cm³/mol. The van der Waals surface area contributed by atoms with Crippen molar-refractivity contribution in [3.63, 3.8) is 0 Å². The molecule has 0 saturated heterocycles. The number of hydrogen-bond acceptors (Lipinski definition) is 6. The highest BCUT2D eigenvalue weighted by Crippen LogP contribution is 2.20. The van der Waals surface area contributed by atoms with Crippen molar-refractivity contribution in [2.75, 3.05) is 21.3 Å². The molecule has 0 aromatic rings. The molecule has 0 aliphatic carbocycles. The first-order valence-electron chi connectivity index (χ1n) is 6.18. The van der Waals surface area contributed by atoms with Gasteiger partial charge in [0.2, 0.25) is 0 Å². The minimum absolute atomic E-state index is 0.462. The van der Waals surface area contributed by atoms with Gasteiger partial charge < -0.3 is 27.5 Å². The van der Waals surface area contributed by atoms with E-state index in [0.717, 1.165) is 0 Å². The average molecular weight is 294 g/mol. The lowest BCUT2D eigenvalue weighted by molar-refractivity contribution is -0.158. The first-order valence-corrected chi connectivity index (χ1v) is 7.98. The largest absolute Gasteiger partial charge is 0.535 e. The monoisotopic (exact) mass is 294 g/mol. The summed E-state index contributed by atoms with van der Waals surface area (Å²) in [5.74, 6) is 0. The van der Waals surface area contributed by atoms with E-state index in [1.165, 1.54) is 0 Å². The molecule has 0 N–H and O–H groups in total. The van der Waals surface area contributed by atoms with Gasteiger partial charge in [-0.2, -0.15) is 0 Å². The summed E-state index contributed by atoms with van der Waals surface area (Å²) in [6, 6.07) is 0. The van der Waals surface area contributed by atoms with Crippen molar-refractivity contribution in [1.82, 2.24) is 0 Å². The number of allylic oxidation sites excluding steroid dienone is 1. The molecule has 3 atom stereocenters. The molecular formula is C12H26O6Si. The lowest BCUT2D eigenvalue weighted by Gasteiger charge is -2.32. The van der Waals surface area contributed by atoms with Gasteiger partial charge in [0.25, 0.3) is 0 Å². The molecule has 3 unspecified atom stereocenters. The van der Waals surface area contributed by atoms with Gasteiger partial charge in [-0.3, -0.25) is 0 Å². The van der Waals surface area contributed by atoms with Gasteiger partial charge in [0, 0.05) is 21.3 Å². The maximum Gasteiger partial charge on any atom is 0.535 e. The third-order valence-corrected chi connectivity index (χ3v) is 5.08. The molecule has 0 rings (SSSR count). The molecule has 0 fully saturated rings. The van der Waals surface area contributed by atoms with Crippen molar-refractivity contribution in [3.05, 3.63) is 11.8 Å². The van der Waals surface area contributed by atoms with E-state index in [9.17, 15) is 0 Å². The van der Waals surface area contributed by atoms with Crippen molar-refractivity contribution >= 4 is 8.80 Å². The molecule has 0 spiro atoms. The molecule has 6 nitrogen and oxygen atoms in total. The van der Waals surface area contributed by atoms with Crippen LogP contribution >= 0.6 is 0 Å². The van der Waals surface area contributed by atoms with E-state index < -0.39 is 27.7 Å². The molecule has 0 aliphatic rings. The minimum atomic E-state index is -3.10. The molecule has 7 heteroatoms. The zero-order chi connectivity index (χ0) is 14.9. The standard InChI is InChI=1S/C12H26O6Si/c1-8-9-19(16-10(2)13-5,17-11(3)14-6)18-12(4)15-7/h8-12H,1-7H3. The lowest BCUT2D eigenvalue weighted by Crippen LogP contribution is -2.51. The molecule has 0 heterocycles. The second-order valence-corrected chi connectivity index (χ2v) is 6.11. The van der Waals surface area contributed by atoms with Crippen LogP contribution in [0.25, 0.3) is 0 Å². The molecule has 0 aromatic heterocycles. The third-order valence-electron chi connectivity index (χ3n) is 2.36. The van der Waals surface area contributed by atoms with Crippen LogP contribution in [0.15, 0.2) is 11.8 Å². The van der Waals surface area contributed by atoms with E-state index in [1.807, 2.05) is 13.0 Å². The fraction of sp³-hybridized carbons (Fsp3) is 0.833. The Labute approximate surface area is 116 Å². The number of rotatable bonds is 10. The van der Waals surface area contributed by atoms with Crippen LogP contribution in [0.4, 0.5) is 0 Å². The second kappa shape index (κ2) is 9.59. The first-order chi connectivity index (χ1) is 8.92. The molecule has 0 saturated carbocycles. The molecule has 114 valence electrons. The maximum atomic E-state index is 5.80. The average Bonchev–Trinajstić information content (AvgIpc) is 2.38. The molecule has 0 aromatic carbocycles. The Hall–Kier alpha value is -0.283. The van der Waals surface area contributed by atoms with Crippen molar-refractivity contribution in [2.45, 2.75) is 46.6 Å². The van der Waals surface area contributed by atoms with Crippen LogP contribution in [0.1, 0.15) is 27.7 Å². The van der Waals surface area contributed by atoms with Crippen molar-refractivity contribution in [1.29, 1.82) is 0 Å². The topological polar surface area (TPSA) is 55.4 Å². The molecule has 0 amide bonds. The lowest BCUT2D eigenvalue weighted by atomic mass is 10.8. The fourth-order valence-corrected chi connectivity index (χ4v) is 3.73. The van der Waals surface area contributed by atoms with E-state index in [4.69, 9.17) is 27.5 Å². The van der Waals surface area contributed by atoms with Gasteiger partial charge >= 0.3 is 8.80 Å². The van der Waals surface area contributed by atoms with Gasteiger partial charge in [-0.05, 0) is 33.4 Å². The van der Waals surface area contributed by atoms with Gasteiger partial charge in [0.15, 0.2) is 0 Å². The zero-order valence-electron chi connectivity index (χ0n) is 12.8. The maximum absolute atomic E-state index is 5.80. The van der Waals surface area contributed by atoms with Crippen LogP contribution in [-0.4, -0.2) is 49.0 Å². The normalized spacial score (nSPS) is 20.2. The molecule has 19 heavy (non-hydrogen) atoms. The Morgan fingerprint density at radius 2 is 1.05 bits per heavy atom. The minimum Gasteiger partial charge on any atom is -0.357 e. The van der Waals surface area contributed by atoms with Gasteiger partial charge in [-0.1, -0.05) is 6.08 Å². The van der Waals surface area contributed by atoms with E-state index in [-0.39, 0.29) is 0 Å². The van der Waals surface area contributed by atoms with Crippen LogP contribution < -0.4 is 0 Å². The van der Waals surface area contributed by atoms with Gasteiger partial charge in [-0.15, -0.1) is 0 Å². The quantitative estimate of drug-likeness (QED) is 0.454. The number of ether oxygens (including phenoxy) is 3. The SMILES string of the molecule is CC=C[Si](OC(C)OC)(OC(C)OC)OC(C)OC. The van der Waals surface area contributed by atoms with Gasteiger partial charge in [-0.25, -0.2) is 0 Å². The summed E-state index contributed by atoms with van der Waals surface area (Å²) in [5, 5.41) is 0. The summed E-state index contributed by atoms with van der Waals surface area (Å²) in [5.41, 5.74) is 1.77. The summed E-state index contributed by atoms with van der Waals surface area (Å²) in [4.78, 5) is 0. The van der Waals surface area contributed by atoms with Crippen molar-refractivity contribution < 1.29 is 27.5 Å². The van der Waals surface area contributed by atoms with Crippen molar-refractivity contribution in [3.8, 4) is 0 Å². The molecule has 0 aliphatic heterocycles. The summed E-state index contributed by atoms with van der Waals surface area (Å²) >= 11 is 0.